The highest BCUT2D eigenvalue weighted by molar-refractivity contribution is 8.26. The quantitative estimate of drug-likeness (QED) is 0.293. The number of anilines is 1. The van der Waals surface area contributed by atoms with Crippen LogP contribution >= 0.6 is 24.0 Å². The molecule has 3 aromatic rings. The van der Waals surface area contributed by atoms with Gasteiger partial charge in [-0.25, -0.2) is 4.98 Å². The van der Waals surface area contributed by atoms with Crippen molar-refractivity contribution in [2.75, 3.05) is 18.0 Å². The van der Waals surface area contributed by atoms with Crippen LogP contribution in [0.1, 0.15) is 56.3 Å². The Morgan fingerprint density at radius 1 is 1.09 bits per heavy atom. The molecule has 1 atom stereocenters. The number of hydrogen-bond acceptors (Lipinski definition) is 6. The summed E-state index contributed by atoms with van der Waals surface area (Å²) in [5.41, 5.74) is 2.79. The number of aryl methyl sites for hydroxylation is 1. The molecule has 1 fully saturated rings. The fourth-order valence-corrected chi connectivity index (χ4v) is 5.70. The predicted molar refractivity (Wildman–Crippen MR) is 149 cm³/mol. The Labute approximate surface area is 215 Å². The fraction of sp³-hybridized carbons (Fsp3) is 0.333. The second-order valence-electron chi connectivity index (χ2n) is 8.71. The van der Waals surface area contributed by atoms with E-state index in [0.717, 1.165) is 37.1 Å². The maximum Gasteiger partial charge on any atom is 0.267 e. The van der Waals surface area contributed by atoms with Crippen LogP contribution in [-0.4, -0.2) is 37.6 Å². The summed E-state index contributed by atoms with van der Waals surface area (Å²) in [6.07, 6.45) is 5.32. The first-order valence-electron chi connectivity index (χ1n) is 12.0. The second-order valence-corrected chi connectivity index (χ2v) is 10.4. The van der Waals surface area contributed by atoms with Gasteiger partial charge in [0, 0.05) is 19.3 Å². The molecule has 1 aliphatic rings. The molecule has 0 bridgehead atoms. The number of thioether (sulfide) groups is 1. The average Bonchev–Trinajstić information content (AvgIpc) is 3.13. The molecule has 6 nitrogen and oxygen atoms in total. The Balaban J connectivity index is 1.84. The van der Waals surface area contributed by atoms with E-state index in [4.69, 9.17) is 17.2 Å². The summed E-state index contributed by atoms with van der Waals surface area (Å²) in [6.45, 7) is 9.67. The molecule has 1 aliphatic heterocycles. The molecule has 3 heterocycles. The Morgan fingerprint density at radius 3 is 2.43 bits per heavy atom. The van der Waals surface area contributed by atoms with Crippen LogP contribution in [0, 0.1) is 6.92 Å². The minimum absolute atomic E-state index is 0.187. The lowest BCUT2D eigenvalue weighted by Gasteiger charge is -2.25. The number of benzene rings is 1. The smallest absolute Gasteiger partial charge is 0.267 e. The minimum atomic E-state index is -0.204. The zero-order valence-electron chi connectivity index (χ0n) is 20.5. The first kappa shape index (κ1) is 25.1. The van der Waals surface area contributed by atoms with Gasteiger partial charge in [0.15, 0.2) is 0 Å². The molecule has 8 heteroatoms. The van der Waals surface area contributed by atoms with Gasteiger partial charge in [0.1, 0.15) is 15.8 Å². The van der Waals surface area contributed by atoms with E-state index in [1.54, 1.807) is 21.6 Å². The van der Waals surface area contributed by atoms with E-state index in [0.29, 0.717) is 26.3 Å². The molecule has 1 aromatic carbocycles. The first-order chi connectivity index (χ1) is 16.8. The molecule has 0 aliphatic carbocycles. The summed E-state index contributed by atoms with van der Waals surface area (Å²) < 4.78 is 2.05. The Kier molecular flexibility index (Phi) is 7.72. The zero-order chi connectivity index (χ0) is 25.1. The Morgan fingerprint density at radius 2 is 1.77 bits per heavy atom. The van der Waals surface area contributed by atoms with Gasteiger partial charge >= 0.3 is 0 Å². The van der Waals surface area contributed by atoms with E-state index in [1.165, 1.54) is 11.8 Å². The summed E-state index contributed by atoms with van der Waals surface area (Å²) in [4.78, 5) is 36.3. The van der Waals surface area contributed by atoms with Crippen LogP contribution in [0.15, 0.2) is 58.4 Å². The lowest BCUT2D eigenvalue weighted by atomic mass is 10.1. The molecule has 182 valence electrons. The minimum Gasteiger partial charge on any atom is -0.356 e. The number of aromatic nitrogens is 2. The van der Waals surface area contributed by atoms with E-state index in [9.17, 15) is 9.59 Å². The van der Waals surface area contributed by atoms with Crippen LogP contribution in [0.3, 0.4) is 0 Å². The van der Waals surface area contributed by atoms with Gasteiger partial charge in [-0.05, 0) is 50.0 Å². The van der Waals surface area contributed by atoms with Gasteiger partial charge in [0.05, 0.1) is 16.5 Å². The van der Waals surface area contributed by atoms with Crippen molar-refractivity contribution in [1.29, 1.82) is 0 Å². The van der Waals surface area contributed by atoms with Crippen molar-refractivity contribution < 1.29 is 4.79 Å². The van der Waals surface area contributed by atoms with E-state index in [1.807, 2.05) is 56.3 Å². The molecule has 0 radical (unpaired) electrons. The van der Waals surface area contributed by atoms with Crippen molar-refractivity contribution >= 4 is 51.7 Å². The average molecular weight is 507 g/mol. The molecule has 0 unspecified atom stereocenters. The maximum atomic E-state index is 13.7. The fourth-order valence-electron chi connectivity index (χ4n) is 4.30. The number of pyridine rings is 1. The third-order valence-corrected chi connectivity index (χ3v) is 7.37. The van der Waals surface area contributed by atoms with Crippen molar-refractivity contribution in [2.45, 2.75) is 46.6 Å². The van der Waals surface area contributed by atoms with Crippen LogP contribution in [0.4, 0.5) is 5.82 Å². The van der Waals surface area contributed by atoms with Crippen molar-refractivity contribution in [3.8, 4) is 0 Å². The second kappa shape index (κ2) is 10.7. The third-order valence-electron chi connectivity index (χ3n) is 6.04. The number of carbonyl (C=O) groups is 1. The molecular weight excluding hydrogens is 476 g/mol. The lowest BCUT2D eigenvalue weighted by Crippen LogP contribution is -2.32. The van der Waals surface area contributed by atoms with E-state index in [2.05, 4.69) is 18.7 Å². The third kappa shape index (κ3) is 5.04. The molecule has 2 aromatic heterocycles. The molecule has 4 rings (SSSR count). The molecule has 0 saturated carbocycles. The SMILES string of the molecule is CCCN(CCC)c1nc2ccc(C)cn2c(=O)c1/C=C1\SC(=S)N([C@H](C)c2ccccc2)C1=O. The summed E-state index contributed by atoms with van der Waals surface area (Å²) in [5, 5.41) is 0. The van der Waals surface area contributed by atoms with Crippen molar-refractivity contribution in [2.24, 2.45) is 0 Å². The van der Waals surface area contributed by atoms with Gasteiger partial charge in [-0.3, -0.25) is 18.9 Å². The number of amides is 1. The summed E-state index contributed by atoms with van der Waals surface area (Å²) in [6, 6.07) is 13.4. The number of hydrogen-bond donors (Lipinski definition) is 0. The number of nitrogens with zero attached hydrogens (tertiary/aromatic N) is 4. The summed E-state index contributed by atoms with van der Waals surface area (Å²) in [7, 11) is 0. The molecule has 0 N–H and O–H groups in total. The van der Waals surface area contributed by atoms with E-state index in [-0.39, 0.29) is 17.5 Å². The van der Waals surface area contributed by atoms with E-state index >= 15 is 0 Å². The topological polar surface area (TPSA) is 57.9 Å². The number of fused-ring (bicyclic) bond motifs is 1. The maximum absolute atomic E-state index is 13.7. The van der Waals surface area contributed by atoms with Crippen LogP contribution in [0.2, 0.25) is 0 Å². The van der Waals surface area contributed by atoms with Crippen molar-refractivity contribution in [3.63, 3.8) is 0 Å². The predicted octanol–water partition coefficient (Wildman–Crippen LogP) is 5.59. The Hall–Kier alpha value is -2.97. The molecule has 1 amide bonds. The van der Waals surface area contributed by atoms with Gasteiger partial charge in [-0.15, -0.1) is 0 Å². The normalized spacial score (nSPS) is 15.9. The van der Waals surface area contributed by atoms with Gasteiger partial charge < -0.3 is 4.90 Å². The standard InChI is InChI=1S/C27H30N4O2S2/c1-5-14-29(15-6-2)24-21(25(32)30-17-18(3)12-13-23(30)28-24)16-22-26(33)31(27(34)35-22)19(4)20-10-8-7-9-11-20/h7-13,16-17,19H,5-6,14-15H2,1-4H3/b22-16-/t19-/m1/s1. The molecular formula is C27H30N4O2S2. The van der Waals surface area contributed by atoms with Gasteiger partial charge in [0.2, 0.25) is 0 Å². The molecule has 35 heavy (non-hydrogen) atoms. The number of rotatable bonds is 8. The monoisotopic (exact) mass is 506 g/mol. The van der Waals surface area contributed by atoms with E-state index < -0.39 is 0 Å². The number of thiocarbonyl (C=S) groups is 1. The van der Waals surface area contributed by atoms with Gasteiger partial charge in [0.25, 0.3) is 11.5 Å². The van der Waals surface area contributed by atoms with Gasteiger partial charge in [-0.2, -0.15) is 0 Å². The highest BCUT2D eigenvalue weighted by atomic mass is 32.2. The Bertz CT molecular complexity index is 1340. The molecule has 0 spiro atoms. The van der Waals surface area contributed by atoms with Crippen molar-refractivity contribution in [1.82, 2.24) is 14.3 Å². The first-order valence-corrected chi connectivity index (χ1v) is 13.2. The number of carbonyl (C=O) groups excluding carboxylic acids is 1. The highest BCUT2D eigenvalue weighted by Gasteiger charge is 2.36. The lowest BCUT2D eigenvalue weighted by molar-refractivity contribution is -0.123. The van der Waals surface area contributed by atoms with Crippen molar-refractivity contribution in [3.05, 3.63) is 80.6 Å². The van der Waals surface area contributed by atoms with Gasteiger partial charge in [-0.1, -0.05) is 74.2 Å². The van der Waals surface area contributed by atoms with Crippen LogP contribution in [0.5, 0.6) is 0 Å². The van der Waals surface area contributed by atoms with Crippen LogP contribution < -0.4 is 10.5 Å². The van der Waals surface area contributed by atoms with Crippen LogP contribution in [0.25, 0.3) is 11.7 Å². The summed E-state index contributed by atoms with van der Waals surface area (Å²) in [5.74, 6) is 0.428. The largest absolute Gasteiger partial charge is 0.356 e. The highest BCUT2D eigenvalue weighted by Crippen LogP contribution is 2.38. The summed E-state index contributed by atoms with van der Waals surface area (Å²) >= 11 is 6.84. The molecule has 1 saturated heterocycles. The van der Waals surface area contributed by atoms with Crippen LogP contribution in [-0.2, 0) is 4.79 Å². The zero-order valence-corrected chi connectivity index (χ0v) is 22.2.